The second-order valence-electron chi connectivity index (χ2n) is 8.01. The molecule has 2 atom stereocenters. The molecule has 2 aliphatic heterocycles. The number of rotatable bonds is 7. The molecule has 2 aromatic carbocycles. The van der Waals surface area contributed by atoms with Gasteiger partial charge in [-0.15, -0.1) is 0 Å². The average molecular weight is 415 g/mol. The van der Waals surface area contributed by atoms with Gasteiger partial charge in [0.1, 0.15) is 12.4 Å². The predicted molar refractivity (Wildman–Crippen MR) is 116 cm³/mol. The number of hydrogen-bond acceptors (Lipinski definition) is 4. The largest absolute Gasteiger partial charge is 0.492 e. The highest BCUT2D eigenvalue weighted by atomic mass is 32.2. The molecule has 6 heteroatoms. The summed E-state index contributed by atoms with van der Waals surface area (Å²) in [5.74, 6) is 1.36. The van der Waals surface area contributed by atoms with Gasteiger partial charge in [0, 0.05) is 12.5 Å². The lowest BCUT2D eigenvalue weighted by Crippen LogP contribution is -2.45. The summed E-state index contributed by atoms with van der Waals surface area (Å²) >= 11 is 0. The van der Waals surface area contributed by atoms with Gasteiger partial charge in [0.25, 0.3) is 0 Å². The lowest BCUT2D eigenvalue weighted by atomic mass is 9.82. The van der Waals surface area contributed by atoms with Gasteiger partial charge >= 0.3 is 0 Å². The van der Waals surface area contributed by atoms with Crippen molar-refractivity contribution < 1.29 is 13.2 Å². The van der Waals surface area contributed by atoms with Crippen LogP contribution < -0.4 is 9.46 Å². The molecule has 0 bridgehead atoms. The first kappa shape index (κ1) is 20.4. The summed E-state index contributed by atoms with van der Waals surface area (Å²) < 4.78 is 32.5. The number of benzene rings is 2. The number of nitrogens with zero attached hydrogens (tertiary/aromatic N) is 1. The van der Waals surface area contributed by atoms with Crippen LogP contribution in [0.2, 0.25) is 0 Å². The Balaban J connectivity index is 1.63. The minimum atomic E-state index is -3.21. The smallest absolute Gasteiger partial charge is 0.211 e. The number of ether oxygens (including phenoxy) is 1. The monoisotopic (exact) mass is 414 g/mol. The van der Waals surface area contributed by atoms with Crippen LogP contribution in [0, 0.1) is 0 Å². The average Bonchev–Trinajstić information content (AvgIpc) is 3.28. The van der Waals surface area contributed by atoms with Gasteiger partial charge in [-0.25, -0.2) is 13.1 Å². The first-order chi connectivity index (χ1) is 14.1. The van der Waals surface area contributed by atoms with Crippen molar-refractivity contribution in [3.63, 3.8) is 0 Å². The zero-order valence-electron chi connectivity index (χ0n) is 17.0. The number of fused-ring (bicyclic) bond motifs is 1. The van der Waals surface area contributed by atoms with Crippen LogP contribution in [0.3, 0.4) is 0 Å². The van der Waals surface area contributed by atoms with Crippen LogP contribution in [-0.4, -0.2) is 44.8 Å². The van der Waals surface area contributed by atoms with Crippen molar-refractivity contribution in [2.24, 2.45) is 0 Å². The van der Waals surface area contributed by atoms with Crippen LogP contribution in [0.15, 0.2) is 48.5 Å². The second-order valence-corrected chi connectivity index (χ2v) is 10.1. The summed E-state index contributed by atoms with van der Waals surface area (Å²) in [6.45, 7) is 4.94. The van der Waals surface area contributed by atoms with E-state index in [1.54, 1.807) is 6.92 Å². The Labute approximate surface area is 174 Å². The van der Waals surface area contributed by atoms with E-state index < -0.39 is 10.0 Å². The maximum absolute atomic E-state index is 11.9. The molecule has 5 nitrogen and oxygen atoms in total. The zero-order valence-corrected chi connectivity index (χ0v) is 17.8. The van der Waals surface area contributed by atoms with Gasteiger partial charge in [0.15, 0.2) is 0 Å². The van der Waals surface area contributed by atoms with Crippen LogP contribution in [0.1, 0.15) is 42.4 Å². The Kier molecular flexibility index (Phi) is 6.23. The van der Waals surface area contributed by atoms with Crippen LogP contribution in [-0.2, 0) is 23.0 Å². The van der Waals surface area contributed by atoms with Gasteiger partial charge in [0.2, 0.25) is 10.0 Å². The summed E-state index contributed by atoms with van der Waals surface area (Å²) in [5, 5.41) is 0. The highest BCUT2D eigenvalue weighted by molar-refractivity contribution is 7.89. The molecule has 0 radical (unpaired) electrons. The van der Waals surface area contributed by atoms with Gasteiger partial charge in [-0.3, -0.25) is 4.90 Å². The highest BCUT2D eigenvalue weighted by Gasteiger charge is 2.36. The summed E-state index contributed by atoms with van der Waals surface area (Å²) in [6, 6.07) is 17.1. The molecule has 1 N–H and O–H groups in total. The van der Waals surface area contributed by atoms with Crippen molar-refractivity contribution in [3.05, 3.63) is 65.2 Å². The Bertz CT molecular complexity index is 924. The third-order valence-electron chi connectivity index (χ3n) is 6.13. The van der Waals surface area contributed by atoms with Crippen molar-refractivity contribution in [3.8, 4) is 5.75 Å². The van der Waals surface area contributed by atoms with E-state index in [2.05, 4.69) is 46.0 Å². The molecule has 0 spiro atoms. The van der Waals surface area contributed by atoms with Gasteiger partial charge < -0.3 is 4.74 Å². The standard InChI is InChI=1S/C23H30N2O3S/c1-2-29(26,27)24-16-19-10-11-23-21(15-19)20(14-18-8-4-3-5-9-18)22(17-28-23)25-12-6-7-13-25/h3-5,8-11,15,20,22,24H,2,6-7,12-14,16-17H2,1H3. The van der Waals surface area contributed by atoms with E-state index >= 15 is 0 Å². The molecule has 1 saturated heterocycles. The van der Waals surface area contributed by atoms with Crippen LogP contribution in [0.25, 0.3) is 0 Å². The van der Waals surface area contributed by atoms with E-state index in [9.17, 15) is 8.42 Å². The number of sulfonamides is 1. The molecule has 2 aliphatic rings. The van der Waals surface area contributed by atoms with Gasteiger partial charge in [-0.2, -0.15) is 0 Å². The Morgan fingerprint density at radius 3 is 2.55 bits per heavy atom. The molecule has 29 heavy (non-hydrogen) atoms. The molecule has 2 heterocycles. The molecule has 1 fully saturated rings. The van der Waals surface area contributed by atoms with Crippen molar-refractivity contribution in [1.29, 1.82) is 0 Å². The van der Waals surface area contributed by atoms with E-state index in [0.717, 1.165) is 30.8 Å². The molecule has 2 aromatic rings. The Morgan fingerprint density at radius 1 is 1.07 bits per heavy atom. The van der Waals surface area contributed by atoms with Crippen LogP contribution >= 0.6 is 0 Å². The summed E-state index contributed by atoms with van der Waals surface area (Å²) in [5.41, 5.74) is 3.50. The highest BCUT2D eigenvalue weighted by Crippen LogP contribution is 2.39. The van der Waals surface area contributed by atoms with Crippen LogP contribution in [0.4, 0.5) is 0 Å². The van der Waals surface area contributed by atoms with E-state index in [4.69, 9.17) is 4.74 Å². The zero-order chi connectivity index (χ0) is 20.3. The predicted octanol–water partition coefficient (Wildman–Crippen LogP) is 3.31. The van der Waals surface area contributed by atoms with Crippen LogP contribution in [0.5, 0.6) is 5.75 Å². The minimum Gasteiger partial charge on any atom is -0.492 e. The fourth-order valence-corrected chi connectivity index (χ4v) is 5.06. The molecule has 0 aromatic heterocycles. The van der Waals surface area contributed by atoms with Crippen molar-refractivity contribution in [2.75, 3.05) is 25.4 Å². The number of likely N-dealkylation sites (tertiary alicyclic amines) is 1. The summed E-state index contributed by atoms with van der Waals surface area (Å²) in [6.07, 6.45) is 3.46. The van der Waals surface area contributed by atoms with E-state index in [1.807, 2.05) is 12.1 Å². The normalized spacial score (nSPS) is 22.2. The fourth-order valence-electron chi connectivity index (χ4n) is 4.47. The molecule has 0 saturated carbocycles. The third-order valence-corrected chi connectivity index (χ3v) is 7.48. The maximum Gasteiger partial charge on any atom is 0.211 e. The first-order valence-corrected chi connectivity index (χ1v) is 12.2. The molecule has 4 rings (SSSR count). The summed E-state index contributed by atoms with van der Waals surface area (Å²) in [7, 11) is -3.21. The van der Waals surface area contributed by atoms with Gasteiger partial charge in [-0.05, 0) is 62.0 Å². The Hall–Kier alpha value is -1.89. The van der Waals surface area contributed by atoms with E-state index in [0.29, 0.717) is 25.1 Å². The van der Waals surface area contributed by atoms with Gasteiger partial charge in [-0.1, -0.05) is 42.5 Å². The quantitative estimate of drug-likeness (QED) is 0.755. The second kappa shape index (κ2) is 8.86. The lowest BCUT2D eigenvalue weighted by molar-refractivity contribution is 0.116. The maximum atomic E-state index is 11.9. The SMILES string of the molecule is CCS(=O)(=O)NCc1ccc2c(c1)C(Cc1ccccc1)C(N1CCCC1)CO2. The molecule has 156 valence electrons. The number of hydrogen-bond donors (Lipinski definition) is 1. The van der Waals surface area contributed by atoms with Crippen molar-refractivity contribution in [1.82, 2.24) is 9.62 Å². The molecular weight excluding hydrogens is 384 g/mol. The third kappa shape index (κ3) is 4.82. The molecular formula is C23H30N2O3S. The first-order valence-electron chi connectivity index (χ1n) is 10.6. The Morgan fingerprint density at radius 2 is 1.83 bits per heavy atom. The van der Waals surface area contributed by atoms with Gasteiger partial charge in [0.05, 0.1) is 11.8 Å². The minimum absolute atomic E-state index is 0.0920. The van der Waals surface area contributed by atoms with Crippen molar-refractivity contribution in [2.45, 2.75) is 44.7 Å². The van der Waals surface area contributed by atoms with E-state index in [1.165, 1.54) is 24.0 Å². The topological polar surface area (TPSA) is 58.6 Å². The fraction of sp³-hybridized carbons (Fsp3) is 0.478. The molecule has 0 aliphatic carbocycles. The van der Waals surface area contributed by atoms with E-state index in [-0.39, 0.29) is 5.75 Å². The van der Waals surface area contributed by atoms with Crippen molar-refractivity contribution >= 4 is 10.0 Å². The molecule has 0 amide bonds. The molecule has 2 unspecified atom stereocenters. The lowest BCUT2D eigenvalue weighted by Gasteiger charge is -2.39. The summed E-state index contributed by atoms with van der Waals surface area (Å²) in [4.78, 5) is 2.57. The number of nitrogens with one attached hydrogen (secondary N) is 1.